The zero-order valence-corrected chi connectivity index (χ0v) is 11.0. The molecule has 1 atom stereocenters. The highest BCUT2D eigenvalue weighted by molar-refractivity contribution is 7.27. The molecule has 1 aliphatic heterocycles. The lowest BCUT2D eigenvalue weighted by Crippen LogP contribution is -2.39. The van der Waals surface area contributed by atoms with E-state index in [0.717, 1.165) is 24.3 Å². The number of likely N-dealkylation sites (tertiary alicyclic amines) is 1. The van der Waals surface area contributed by atoms with Crippen LogP contribution in [0.2, 0.25) is 0 Å². The lowest BCUT2D eigenvalue weighted by Gasteiger charge is -2.22. The van der Waals surface area contributed by atoms with Gasteiger partial charge in [-0.25, -0.2) is 0 Å². The maximum absolute atomic E-state index is 12.4. The van der Waals surface area contributed by atoms with Crippen molar-refractivity contribution in [1.82, 2.24) is 4.90 Å². The molecule has 0 saturated carbocycles. The predicted molar refractivity (Wildman–Crippen MR) is 72.8 cm³/mol. The average Bonchev–Trinajstić information content (AvgIpc) is 3.02. The minimum Gasteiger partial charge on any atom is -0.334 e. The van der Waals surface area contributed by atoms with E-state index >= 15 is 0 Å². The fourth-order valence-electron chi connectivity index (χ4n) is 2.36. The fraction of sp³-hybridized carbons (Fsp3) is 0.417. The molecule has 0 radical (unpaired) electrons. The van der Waals surface area contributed by atoms with Gasteiger partial charge in [0.05, 0.1) is 4.88 Å². The SMILES string of the molecule is NCC1CCCN1C(=O)c1cc2sccc2s1. The molecule has 0 bridgehead atoms. The van der Waals surface area contributed by atoms with Crippen molar-refractivity contribution in [2.24, 2.45) is 5.73 Å². The summed E-state index contributed by atoms with van der Waals surface area (Å²) in [7, 11) is 0. The van der Waals surface area contributed by atoms with Crippen LogP contribution in [0.15, 0.2) is 17.5 Å². The first-order valence-electron chi connectivity index (χ1n) is 5.77. The highest BCUT2D eigenvalue weighted by Gasteiger charge is 2.29. The summed E-state index contributed by atoms with van der Waals surface area (Å²) < 4.78 is 2.42. The number of carbonyl (C=O) groups is 1. The monoisotopic (exact) mass is 266 g/mol. The first kappa shape index (κ1) is 11.2. The molecule has 0 aromatic carbocycles. The quantitative estimate of drug-likeness (QED) is 0.908. The molecule has 17 heavy (non-hydrogen) atoms. The lowest BCUT2D eigenvalue weighted by atomic mass is 10.2. The first-order chi connectivity index (χ1) is 8.29. The minimum absolute atomic E-state index is 0.159. The van der Waals surface area contributed by atoms with Crippen molar-refractivity contribution < 1.29 is 4.79 Å². The van der Waals surface area contributed by atoms with Gasteiger partial charge >= 0.3 is 0 Å². The third kappa shape index (κ3) is 1.88. The third-order valence-corrected chi connectivity index (χ3v) is 5.34. The van der Waals surface area contributed by atoms with Crippen LogP contribution in [-0.2, 0) is 0 Å². The Kier molecular flexibility index (Phi) is 2.90. The predicted octanol–water partition coefficient (Wildman–Crippen LogP) is 2.53. The number of hydrogen-bond acceptors (Lipinski definition) is 4. The molecule has 3 rings (SSSR count). The summed E-state index contributed by atoms with van der Waals surface area (Å²) in [5.74, 6) is 0.159. The van der Waals surface area contributed by atoms with Crippen molar-refractivity contribution in [1.29, 1.82) is 0 Å². The number of hydrogen-bond donors (Lipinski definition) is 1. The van der Waals surface area contributed by atoms with E-state index in [-0.39, 0.29) is 11.9 Å². The standard InChI is InChI=1S/C12H14N2OS2/c13-7-8-2-1-4-14(8)12(15)11-6-10-9(17-11)3-5-16-10/h3,5-6,8H,1-2,4,7,13H2. The summed E-state index contributed by atoms with van der Waals surface area (Å²) in [4.78, 5) is 15.2. The molecule has 3 nitrogen and oxygen atoms in total. The summed E-state index contributed by atoms with van der Waals surface area (Å²) in [5, 5.41) is 2.06. The van der Waals surface area contributed by atoms with Crippen LogP contribution in [0.5, 0.6) is 0 Å². The van der Waals surface area contributed by atoms with Crippen LogP contribution >= 0.6 is 22.7 Å². The summed E-state index contributed by atoms with van der Waals surface area (Å²) in [6.07, 6.45) is 2.12. The molecule has 0 aliphatic carbocycles. The maximum atomic E-state index is 12.4. The number of thiophene rings is 2. The molecule has 2 N–H and O–H groups in total. The molecule has 2 aromatic rings. The minimum atomic E-state index is 0.159. The number of nitrogens with two attached hydrogens (primary N) is 1. The van der Waals surface area contributed by atoms with Crippen LogP contribution in [0.4, 0.5) is 0 Å². The first-order valence-corrected chi connectivity index (χ1v) is 7.47. The van der Waals surface area contributed by atoms with Crippen molar-refractivity contribution >= 4 is 38.0 Å². The van der Waals surface area contributed by atoms with Gasteiger partial charge in [0.25, 0.3) is 5.91 Å². The molecule has 1 aliphatic rings. The summed E-state index contributed by atoms with van der Waals surface area (Å²) in [6.45, 7) is 1.43. The Balaban J connectivity index is 1.88. The second-order valence-electron chi connectivity index (χ2n) is 4.29. The lowest BCUT2D eigenvalue weighted by molar-refractivity contribution is 0.0746. The molecular formula is C12H14N2OS2. The Hall–Kier alpha value is -0.910. The smallest absolute Gasteiger partial charge is 0.264 e. The second kappa shape index (κ2) is 4.40. The van der Waals surface area contributed by atoms with Crippen molar-refractivity contribution in [3.8, 4) is 0 Å². The van der Waals surface area contributed by atoms with E-state index in [9.17, 15) is 4.79 Å². The molecule has 5 heteroatoms. The summed E-state index contributed by atoms with van der Waals surface area (Å²) in [6, 6.07) is 4.33. The third-order valence-electron chi connectivity index (χ3n) is 3.26. The fourth-order valence-corrected chi connectivity index (χ4v) is 4.43. The van der Waals surface area contributed by atoms with E-state index in [1.54, 1.807) is 22.7 Å². The van der Waals surface area contributed by atoms with Crippen LogP contribution < -0.4 is 5.73 Å². The zero-order chi connectivity index (χ0) is 11.8. The Morgan fingerprint density at radius 1 is 1.53 bits per heavy atom. The normalized spacial score (nSPS) is 20.3. The topological polar surface area (TPSA) is 46.3 Å². The molecule has 0 spiro atoms. The van der Waals surface area contributed by atoms with Gasteiger partial charge in [-0.2, -0.15) is 0 Å². The number of nitrogens with zero attached hydrogens (tertiary/aromatic N) is 1. The van der Waals surface area contributed by atoms with Gasteiger partial charge in [-0.1, -0.05) is 0 Å². The molecular weight excluding hydrogens is 252 g/mol. The van der Waals surface area contributed by atoms with E-state index in [2.05, 4.69) is 11.4 Å². The number of amides is 1. The Morgan fingerprint density at radius 3 is 3.18 bits per heavy atom. The molecule has 90 valence electrons. The van der Waals surface area contributed by atoms with E-state index in [4.69, 9.17) is 5.73 Å². The van der Waals surface area contributed by atoms with Gasteiger partial charge in [0.2, 0.25) is 0 Å². The molecule has 1 amide bonds. The van der Waals surface area contributed by atoms with E-state index in [1.807, 2.05) is 11.0 Å². The zero-order valence-electron chi connectivity index (χ0n) is 9.39. The highest BCUT2D eigenvalue weighted by atomic mass is 32.1. The average molecular weight is 266 g/mol. The van der Waals surface area contributed by atoms with E-state index < -0.39 is 0 Å². The van der Waals surface area contributed by atoms with Gasteiger partial charge in [-0.05, 0) is 30.4 Å². The van der Waals surface area contributed by atoms with Crippen LogP contribution in [0.3, 0.4) is 0 Å². The van der Waals surface area contributed by atoms with E-state index in [1.165, 1.54) is 9.40 Å². The van der Waals surface area contributed by atoms with E-state index in [0.29, 0.717) is 6.54 Å². The molecule has 1 fully saturated rings. The van der Waals surface area contributed by atoms with Gasteiger partial charge in [0.15, 0.2) is 0 Å². The Labute approximate surface area is 108 Å². The van der Waals surface area contributed by atoms with Crippen LogP contribution in [0, 0.1) is 0 Å². The highest BCUT2D eigenvalue weighted by Crippen LogP contribution is 2.31. The van der Waals surface area contributed by atoms with Gasteiger partial charge in [0, 0.05) is 28.5 Å². The van der Waals surface area contributed by atoms with Crippen molar-refractivity contribution in [3.63, 3.8) is 0 Å². The second-order valence-corrected chi connectivity index (χ2v) is 6.32. The van der Waals surface area contributed by atoms with Crippen molar-refractivity contribution in [2.45, 2.75) is 18.9 Å². The van der Waals surface area contributed by atoms with Gasteiger partial charge in [-0.3, -0.25) is 4.79 Å². The van der Waals surface area contributed by atoms with Gasteiger partial charge in [0.1, 0.15) is 0 Å². The van der Waals surface area contributed by atoms with Crippen LogP contribution in [-0.4, -0.2) is 29.9 Å². The maximum Gasteiger partial charge on any atom is 0.264 e. The Bertz CT molecular complexity index is 517. The van der Waals surface area contributed by atoms with Crippen LogP contribution in [0.1, 0.15) is 22.5 Å². The van der Waals surface area contributed by atoms with Gasteiger partial charge in [-0.15, -0.1) is 22.7 Å². The number of carbonyl (C=O) groups excluding carboxylic acids is 1. The van der Waals surface area contributed by atoms with Gasteiger partial charge < -0.3 is 10.6 Å². The Morgan fingerprint density at radius 2 is 2.41 bits per heavy atom. The van der Waals surface area contributed by atoms with Crippen LogP contribution in [0.25, 0.3) is 9.40 Å². The number of fused-ring (bicyclic) bond motifs is 1. The van der Waals surface area contributed by atoms with Crippen molar-refractivity contribution in [3.05, 3.63) is 22.4 Å². The summed E-state index contributed by atoms with van der Waals surface area (Å²) >= 11 is 3.28. The molecule has 2 aromatic heterocycles. The summed E-state index contributed by atoms with van der Waals surface area (Å²) in [5.41, 5.74) is 5.71. The largest absolute Gasteiger partial charge is 0.334 e. The van der Waals surface area contributed by atoms with Crippen molar-refractivity contribution in [2.75, 3.05) is 13.1 Å². The molecule has 1 unspecified atom stereocenters. The molecule has 3 heterocycles. The molecule has 1 saturated heterocycles. The number of rotatable bonds is 2.